The Morgan fingerprint density at radius 3 is 2.57 bits per heavy atom. The Labute approximate surface area is 145 Å². The highest BCUT2D eigenvalue weighted by Gasteiger charge is 2.34. The van der Waals surface area contributed by atoms with E-state index in [0.29, 0.717) is 13.1 Å². The quantitative estimate of drug-likeness (QED) is 0.837. The summed E-state index contributed by atoms with van der Waals surface area (Å²) in [5, 5.41) is 3.41. The zero-order valence-electron chi connectivity index (χ0n) is 12.1. The Kier molecular flexibility index (Phi) is 4.77. The Bertz CT molecular complexity index is 800. The van der Waals surface area contributed by atoms with Crippen LogP contribution in [0.4, 0.5) is 5.69 Å². The molecular formula is C15H15Cl2N3O2S. The molecule has 0 radical (unpaired) electrons. The van der Waals surface area contributed by atoms with E-state index in [4.69, 9.17) is 23.2 Å². The van der Waals surface area contributed by atoms with Crippen LogP contribution in [0, 0.1) is 0 Å². The first-order valence-corrected chi connectivity index (χ1v) is 9.30. The molecule has 23 heavy (non-hydrogen) atoms. The molecule has 0 saturated carbocycles. The van der Waals surface area contributed by atoms with Crippen LogP contribution >= 0.6 is 23.2 Å². The number of nitrogens with zero attached hydrogens (tertiary/aromatic N) is 2. The van der Waals surface area contributed by atoms with Crippen molar-refractivity contribution in [1.82, 2.24) is 9.29 Å². The lowest BCUT2D eigenvalue weighted by atomic mass is 10.2. The van der Waals surface area contributed by atoms with Crippen molar-refractivity contribution in [2.45, 2.75) is 17.4 Å². The summed E-state index contributed by atoms with van der Waals surface area (Å²) in [4.78, 5) is 3.80. The van der Waals surface area contributed by atoms with E-state index in [2.05, 4.69) is 10.3 Å². The zero-order chi connectivity index (χ0) is 16.4. The van der Waals surface area contributed by atoms with Gasteiger partial charge in [0, 0.05) is 24.8 Å². The first-order valence-electron chi connectivity index (χ1n) is 7.10. The highest BCUT2D eigenvalue weighted by atomic mass is 35.5. The molecule has 1 atom stereocenters. The third-order valence-electron chi connectivity index (χ3n) is 3.69. The molecule has 8 heteroatoms. The number of pyridine rings is 1. The second-order valence-electron chi connectivity index (χ2n) is 5.28. The lowest BCUT2D eigenvalue weighted by Crippen LogP contribution is -2.32. The van der Waals surface area contributed by atoms with E-state index in [0.717, 1.165) is 12.1 Å². The highest BCUT2D eigenvalue weighted by Crippen LogP contribution is 2.28. The Morgan fingerprint density at radius 1 is 1.13 bits per heavy atom. The molecule has 1 aliphatic rings. The Hall–Kier alpha value is -1.34. The number of nitrogens with one attached hydrogen (secondary N) is 1. The van der Waals surface area contributed by atoms with Crippen LogP contribution < -0.4 is 5.32 Å². The van der Waals surface area contributed by atoms with E-state index >= 15 is 0 Å². The summed E-state index contributed by atoms with van der Waals surface area (Å²) in [6.45, 7) is 0.821. The van der Waals surface area contributed by atoms with Crippen LogP contribution in [-0.2, 0) is 10.0 Å². The molecule has 2 heterocycles. The van der Waals surface area contributed by atoms with Crippen LogP contribution in [0.15, 0.2) is 47.4 Å². The largest absolute Gasteiger partial charge is 0.381 e. The van der Waals surface area contributed by atoms with Crippen molar-refractivity contribution in [1.29, 1.82) is 0 Å². The molecule has 1 fully saturated rings. The third-order valence-corrected chi connectivity index (χ3v) is 6.20. The molecule has 1 saturated heterocycles. The minimum Gasteiger partial charge on any atom is -0.381 e. The van der Waals surface area contributed by atoms with Gasteiger partial charge in [0.05, 0.1) is 0 Å². The van der Waals surface area contributed by atoms with E-state index in [1.807, 2.05) is 30.3 Å². The van der Waals surface area contributed by atoms with Gasteiger partial charge in [-0.05, 0) is 30.7 Å². The van der Waals surface area contributed by atoms with Gasteiger partial charge in [0.2, 0.25) is 10.0 Å². The fourth-order valence-corrected chi connectivity index (χ4v) is 4.70. The minimum atomic E-state index is -3.67. The molecule has 1 aliphatic heterocycles. The fourth-order valence-electron chi connectivity index (χ4n) is 2.57. The van der Waals surface area contributed by atoms with Crippen LogP contribution in [-0.4, -0.2) is 36.8 Å². The van der Waals surface area contributed by atoms with Gasteiger partial charge in [-0.15, -0.1) is 0 Å². The summed E-state index contributed by atoms with van der Waals surface area (Å²) in [7, 11) is -3.67. The van der Waals surface area contributed by atoms with Gasteiger partial charge in [0.15, 0.2) is 5.15 Å². The standard InChI is InChI=1S/C15H15Cl2N3O2S/c16-14-7-6-13(15(17)19-14)23(21,22)20-9-8-12(10-20)18-11-4-2-1-3-5-11/h1-7,12,18H,8-10H2. The molecule has 1 unspecified atom stereocenters. The monoisotopic (exact) mass is 371 g/mol. The molecular weight excluding hydrogens is 357 g/mol. The molecule has 3 rings (SSSR count). The summed E-state index contributed by atoms with van der Waals surface area (Å²) in [5.41, 5.74) is 0.975. The number of rotatable bonds is 4. The highest BCUT2D eigenvalue weighted by molar-refractivity contribution is 7.89. The lowest BCUT2D eigenvalue weighted by molar-refractivity contribution is 0.474. The van der Waals surface area contributed by atoms with E-state index in [-0.39, 0.29) is 21.2 Å². The average molecular weight is 372 g/mol. The van der Waals surface area contributed by atoms with Crippen molar-refractivity contribution >= 4 is 38.9 Å². The maximum Gasteiger partial charge on any atom is 0.246 e. The van der Waals surface area contributed by atoms with Gasteiger partial charge in [-0.1, -0.05) is 41.4 Å². The molecule has 122 valence electrons. The van der Waals surface area contributed by atoms with Crippen molar-refractivity contribution in [3.8, 4) is 0 Å². The van der Waals surface area contributed by atoms with E-state index in [1.165, 1.54) is 16.4 Å². The van der Waals surface area contributed by atoms with Crippen LogP contribution in [0.5, 0.6) is 0 Å². The summed E-state index contributed by atoms with van der Waals surface area (Å²) >= 11 is 11.7. The second kappa shape index (κ2) is 6.65. The van der Waals surface area contributed by atoms with Gasteiger partial charge in [0.25, 0.3) is 0 Å². The van der Waals surface area contributed by atoms with E-state index < -0.39 is 10.0 Å². The zero-order valence-corrected chi connectivity index (χ0v) is 14.4. The number of aromatic nitrogens is 1. The molecule has 1 aromatic carbocycles. The second-order valence-corrected chi connectivity index (χ2v) is 7.93. The van der Waals surface area contributed by atoms with Crippen LogP contribution in [0.3, 0.4) is 0 Å². The molecule has 5 nitrogen and oxygen atoms in total. The molecule has 2 aromatic rings. The summed E-state index contributed by atoms with van der Waals surface area (Å²) in [6, 6.07) is 12.6. The predicted molar refractivity (Wildman–Crippen MR) is 91.5 cm³/mol. The molecule has 1 N–H and O–H groups in total. The van der Waals surface area contributed by atoms with Crippen molar-refractivity contribution in [3.05, 3.63) is 52.8 Å². The Balaban J connectivity index is 1.75. The van der Waals surface area contributed by atoms with Gasteiger partial charge in [0.1, 0.15) is 10.0 Å². The van der Waals surface area contributed by atoms with Crippen LogP contribution in [0.2, 0.25) is 10.3 Å². The minimum absolute atomic E-state index is 0.0103. The van der Waals surface area contributed by atoms with Gasteiger partial charge in [-0.25, -0.2) is 13.4 Å². The lowest BCUT2D eigenvalue weighted by Gasteiger charge is -2.18. The van der Waals surface area contributed by atoms with Gasteiger partial charge in [-0.3, -0.25) is 0 Å². The van der Waals surface area contributed by atoms with Crippen molar-refractivity contribution in [2.24, 2.45) is 0 Å². The van der Waals surface area contributed by atoms with Crippen LogP contribution in [0.1, 0.15) is 6.42 Å². The Morgan fingerprint density at radius 2 is 1.87 bits per heavy atom. The normalized spacial score (nSPS) is 19.0. The molecule has 1 aromatic heterocycles. The van der Waals surface area contributed by atoms with Gasteiger partial charge < -0.3 is 5.32 Å². The first kappa shape index (κ1) is 16.5. The predicted octanol–water partition coefficient (Wildman–Crippen LogP) is 3.26. The average Bonchev–Trinajstić information content (AvgIpc) is 2.97. The maximum atomic E-state index is 12.7. The maximum absolute atomic E-state index is 12.7. The number of halogens is 2. The summed E-state index contributed by atoms with van der Waals surface area (Å²) in [6.07, 6.45) is 0.729. The third kappa shape index (κ3) is 3.61. The SMILES string of the molecule is O=S(=O)(c1ccc(Cl)nc1Cl)N1CCC(Nc2ccccc2)C1. The number of para-hydroxylation sites is 1. The fraction of sp³-hybridized carbons (Fsp3) is 0.267. The first-order chi connectivity index (χ1) is 11.0. The van der Waals surface area contributed by atoms with Crippen molar-refractivity contribution in [3.63, 3.8) is 0 Å². The number of benzene rings is 1. The van der Waals surface area contributed by atoms with Crippen LogP contribution in [0.25, 0.3) is 0 Å². The number of anilines is 1. The van der Waals surface area contributed by atoms with E-state index in [9.17, 15) is 8.42 Å². The van der Waals surface area contributed by atoms with Gasteiger partial charge in [-0.2, -0.15) is 4.31 Å². The van der Waals surface area contributed by atoms with Crippen molar-refractivity contribution < 1.29 is 8.42 Å². The smallest absolute Gasteiger partial charge is 0.246 e. The van der Waals surface area contributed by atoms with Crippen molar-refractivity contribution in [2.75, 3.05) is 18.4 Å². The number of hydrogen-bond donors (Lipinski definition) is 1. The summed E-state index contributed by atoms with van der Waals surface area (Å²) in [5.74, 6) is 0. The molecule has 0 bridgehead atoms. The number of sulfonamides is 1. The number of hydrogen-bond acceptors (Lipinski definition) is 4. The van der Waals surface area contributed by atoms with Gasteiger partial charge >= 0.3 is 0 Å². The molecule has 0 amide bonds. The van der Waals surface area contributed by atoms with E-state index in [1.54, 1.807) is 0 Å². The molecule has 0 aliphatic carbocycles. The summed E-state index contributed by atoms with van der Waals surface area (Å²) < 4.78 is 26.8. The molecule has 0 spiro atoms. The topological polar surface area (TPSA) is 62.3 Å².